The van der Waals surface area contributed by atoms with Crippen molar-refractivity contribution in [3.63, 3.8) is 0 Å². The molecule has 0 spiro atoms. The molecule has 0 aliphatic rings. The van der Waals surface area contributed by atoms with E-state index < -0.39 is 0 Å². The number of pyridine rings is 1. The van der Waals surface area contributed by atoms with Crippen molar-refractivity contribution in [3.05, 3.63) is 60.7 Å². The van der Waals surface area contributed by atoms with E-state index in [-0.39, 0.29) is 11.6 Å². The van der Waals surface area contributed by atoms with Gasteiger partial charge in [-0.2, -0.15) is 0 Å². The van der Waals surface area contributed by atoms with Crippen molar-refractivity contribution < 1.29 is 9.53 Å². The molecule has 1 N–H and O–H groups in total. The van der Waals surface area contributed by atoms with E-state index in [1.165, 1.54) is 30.8 Å². The molecule has 26 heavy (non-hydrogen) atoms. The maximum Gasteiger partial charge on any atom is 0.276 e. The molecule has 0 saturated heterocycles. The normalized spacial score (nSPS) is 10.7. The zero-order valence-corrected chi connectivity index (χ0v) is 14.5. The molecule has 0 radical (unpaired) electrons. The van der Waals surface area contributed by atoms with Crippen LogP contribution < -0.4 is 10.1 Å². The number of thiazole rings is 1. The third-order valence-electron chi connectivity index (χ3n) is 3.61. The molecular weight excluding hydrogens is 350 g/mol. The maximum absolute atomic E-state index is 12.7. The van der Waals surface area contributed by atoms with Crippen LogP contribution in [0.3, 0.4) is 0 Å². The van der Waals surface area contributed by atoms with Crippen molar-refractivity contribution in [3.8, 4) is 16.6 Å². The largest absolute Gasteiger partial charge is 0.481 e. The number of aromatic nitrogens is 4. The van der Waals surface area contributed by atoms with E-state index in [1.54, 1.807) is 18.3 Å². The number of hydrogen-bond donors (Lipinski definition) is 1. The van der Waals surface area contributed by atoms with Crippen LogP contribution >= 0.6 is 11.3 Å². The summed E-state index contributed by atoms with van der Waals surface area (Å²) in [5.74, 6) is 0.0944. The number of methoxy groups -OCH3 is 1. The van der Waals surface area contributed by atoms with E-state index in [9.17, 15) is 4.79 Å². The molecule has 3 aromatic heterocycles. The number of ether oxygens (including phenoxy) is 1. The highest BCUT2D eigenvalue weighted by atomic mass is 32.1. The van der Waals surface area contributed by atoms with Crippen LogP contribution in [0.5, 0.6) is 5.88 Å². The summed E-state index contributed by atoms with van der Waals surface area (Å²) in [6.45, 7) is 0. The summed E-state index contributed by atoms with van der Waals surface area (Å²) >= 11 is 1.47. The number of carbonyl (C=O) groups excluding carboxylic acids is 1. The highest BCUT2D eigenvalue weighted by Crippen LogP contribution is 2.30. The van der Waals surface area contributed by atoms with Gasteiger partial charge in [0.25, 0.3) is 5.91 Å². The van der Waals surface area contributed by atoms with Gasteiger partial charge < -0.3 is 10.1 Å². The van der Waals surface area contributed by atoms with Crippen LogP contribution in [0, 0.1) is 0 Å². The first-order valence-corrected chi connectivity index (χ1v) is 8.54. The Morgan fingerprint density at radius 2 is 1.92 bits per heavy atom. The van der Waals surface area contributed by atoms with Gasteiger partial charge in [-0.25, -0.2) is 19.9 Å². The summed E-state index contributed by atoms with van der Waals surface area (Å²) in [5.41, 5.74) is 2.07. The summed E-state index contributed by atoms with van der Waals surface area (Å²) in [5, 5.41) is 3.42. The number of anilines is 1. The first-order chi connectivity index (χ1) is 12.7. The molecule has 7 nitrogen and oxygen atoms in total. The standard InChI is InChI=1S/C18H13N5O2S/c1-25-14-7-6-11(10-21-14)22-17(24)15-16(20-9-8-19-15)18-23-12-4-2-3-5-13(12)26-18/h2-10H,1H3,(H,22,24). The third-order valence-corrected chi connectivity index (χ3v) is 4.66. The second-order valence-electron chi connectivity index (χ2n) is 5.28. The average Bonchev–Trinajstić information content (AvgIpc) is 3.12. The number of benzene rings is 1. The maximum atomic E-state index is 12.7. The van der Waals surface area contributed by atoms with Crippen molar-refractivity contribution >= 4 is 33.1 Å². The smallest absolute Gasteiger partial charge is 0.276 e. The van der Waals surface area contributed by atoms with Crippen molar-refractivity contribution in [2.75, 3.05) is 12.4 Å². The molecular formula is C18H13N5O2S. The zero-order chi connectivity index (χ0) is 17.9. The van der Waals surface area contributed by atoms with Crippen molar-refractivity contribution in [1.29, 1.82) is 0 Å². The fourth-order valence-corrected chi connectivity index (χ4v) is 3.36. The number of carbonyl (C=O) groups is 1. The van der Waals surface area contributed by atoms with Crippen molar-refractivity contribution in [1.82, 2.24) is 19.9 Å². The molecule has 128 valence electrons. The van der Waals surface area contributed by atoms with Crippen LogP contribution in [0.4, 0.5) is 5.69 Å². The summed E-state index contributed by atoms with van der Waals surface area (Å²) in [6.07, 6.45) is 4.55. The van der Waals surface area contributed by atoms with Gasteiger partial charge in [-0.1, -0.05) is 12.1 Å². The number of fused-ring (bicyclic) bond motifs is 1. The Balaban J connectivity index is 1.67. The molecule has 0 aliphatic heterocycles. The van der Waals surface area contributed by atoms with E-state index in [1.807, 2.05) is 24.3 Å². The Labute approximate surface area is 152 Å². The first-order valence-electron chi connectivity index (χ1n) is 7.73. The number of amides is 1. The predicted molar refractivity (Wildman–Crippen MR) is 99.4 cm³/mol. The van der Waals surface area contributed by atoms with Gasteiger partial charge in [0.2, 0.25) is 5.88 Å². The monoisotopic (exact) mass is 363 g/mol. The minimum atomic E-state index is -0.376. The Hall–Kier alpha value is -3.39. The number of para-hydroxylation sites is 1. The minimum absolute atomic E-state index is 0.211. The van der Waals surface area contributed by atoms with Gasteiger partial charge in [0.05, 0.1) is 29.2 Å². The predicted octanol–water partition coefficient (Wildman–Crippen LogP) is 3.41. The minimum Gasteiger partial charge on any atom is -0.481 e. The Kier molecular flexibility index (Phi) is 4.24. The van der Waals surface area contributed by atoms with Crippen LogP contribution in [0.2, 0.25) is 0 Å². The van der Waals surface area contributed by atoms with Gasteiger partial charge in [-0.15, -0.1) is 11.3 Å². The van der Waals surface area contributed by atoms with E-state index >= 15 is 0 Å². The Morgan fingerprint density at radius 3 is 2.69 bits per heavy atom. The fraction of sp³-hybridized carbons (Fsp3) is 0.0556. The summed E-state index contributed by atoms with van der Waals surface area (Å²) < 4.78 is 6.04. The first kappa shape index (κ1) is 16.1. The molecule has 0 saturated carbocycles. The lowest BCUT2D eigenvalue weighted by molar-refractivity contribution is 0.102. The molecule has 8 heteroatoms. The topological polar surface area (TPSA) is 89.9 Å². The van der Waals surface area contributed by atoms with Gasteiger partial charge in [-0.3, -0.25) is 4.79 Å². The highest BCUT2D eigenvalue weighted by Gasteiger charge is 2.19. The van der Waals surface area contributed by atoms with E-state index in [2.05, 4.69) is 25.3 Å². The molecule has 1 amide bonds. The third kappa shape index (κ3) is 3.09. The summed E-state index contributed by atoms with van der Waals surface area (Å²) in [4.78, 5) is 29.8. The van der Waals surface area contributed by atoms with Crippen LogP contribution in [-0.4, -0.2) is 33.0 Å². The SMILES string of the molecule is COc1ccc(NC(=O)c2nccnc2-c2nc3ccccc3s2)cn1. The molecule has 1 aromatic carbocycles. The molecule has 0 fully saturated rings. The van der Waals surface area contributed by atoms with Gasteiger partial charge in [-0.05, 0) is 18.2 Å². The second-order valence-corrected chi connectivity index (χ2v) is 6.31. The second kappa shape index (κ2) is 6.85. The van der Waals surface area contributed by atoms with Gasteiger partial charge in [0, 0.05) is 18.5 Å². The van der Waals surface area contributed by atoms with Crippen molar-refractivity contribution in [2.45, 2.75) is 0 Å². The number of hydrogen-bond acceptors (Lipinski definition) is 7. The molecule has 4 rings (SSSR count). The fourth-order valence-electron chi connectivity index (χ4n) is 2.40. The van der Waals surface area contributed by atoms with Gasteiger partial charge in [0.1, 0.15) is 10.7 Å². The Morgan fingerprint density at radius 1 is 1.08 bits per heavy atom. The lowest BCUT2D eigenvalue weighted by atomic mass is 10.2. The number of nitrogens with one attached hydrogen (secondary N) is 1. The molecule has 0 unspecified atom stereocenters. The quantitative estimate of drug-likeness (QED) is 0.598. The lowest BCUT2D eigenvalue weighted by Gasteiger charge is -2.07. The highest BCUT2D eigenvalue weighted by molar-refractivity contribution is 7.21. The summed E-state index contributed by atoms with van der Waals surface area (Å²) in [6, 6.07) is 11.2. The molecule has 0 bridgehead atoms. The van der Waals surface area contributed by atoms with Crippen LogP contribution in [0.25, 0.3) is 20.9 Å². The average molecular weight is 363 g/mol. The van der Waals surface area contributed by atoms with Gasteiger partial charge in [0.15, 0.2) is 5.69 Å². The van der Waals surface area contributed by atoms with Crippen LogP contribution in [0.1, 0.15) is 10.5 Å². The molecule has 3 heterocycles. The lowest BCUT2D eigenvalue weighted by Crippen LogP contribution is -2.15. The zero-order valence-electron chi connectivity index (χ0n) is 13.7. The molecule has 4 aromatic rings. The number of nitrogens with zero attached hydrogens (tertiary/aromatic N) is 4. The molecule has 0 atom stereocenters. The number of rotatable bonds is 4. The molecule has 0 aliphatic carbocycles. The van der Waals surface area contributed by atoms with Crippen LogP contribution in [0.15, 0.2) is 55.0 Å². The van der Waals surface area contributed by atoms with Crippen LogP contribution in [-0.2, 0) is 0 Å². The van der Waals surface area contributed by atoms with Gasteiger partial charge >= 0.3 is 0 Å². The van der Waals surface area contributed by atoms with E-state index in [4.69, 9.17) is 4.74 Å². The van der Waals surface area contributed by atoms with Crippen molar-refractivity contribution in [2.24, 2.45) is 0 Å². The summed E-state index contributed by atoms with van der Waals surface area (Å²) in [7, 11) is 1.53. The van der Waals surface area contributed by atoms with E-state index in [0.29, 0.717) is 22.3 Å². The Bertz CT molecular complexity index is 1050. The van der Waals surface area contributed by atoms with E-state index in [0.717, 1.165) is 10.2 Å².